The lowest BCUT2D eigenvalue weighted by atomic mass is 9.87. The second-order valence-corrected chi connectivity index (χ2v) is 20.5. The molecule has 3 aromatic rings. The van der Waals surface area contributed by atoms with Gasteiger partial charge < -0.3 is 38.5 Å². The van der Waals surface area contributed by atoms with Crippen molar-refractivity contribution >= 4 is 17.1 Å². The van der Waals surface area contributed by atoms with Gasteiger partial charge in [0.1, 0.15) is 11.5 Å². The summed E-state index contributed by atoms with van der Waals surface area (Å²) in [4.78, 5) is 14.9. The molecular weight excluding hydrogens is 773 g/mol. The largest absolute Gasteiger partial charge is 0.495 e. The van der Waals surface area contributed by atoms with Crippen LogP contribution in [0.25, 0.3) is 0 Å². The van der Waals surface area contributed by atoms with Gasteiger partial charge in [-0.2, -0.15) is 0 Å². The highest BCUT2D eigenvalue weighted by molar-refractivity contribution is 5.62. The molecule has 0 N–H and O–H groups in total. The van der Waals surface area contributed by atoms with Gasteiger partial charge in [0.25, 0.3) is 0 Å². The number of anilines is 3. The van der Waals surface area contributed by atoms with Crippen molar-refractivity contribution in [3.63, 3.8) is 0 Å². The Kier molecular flexibility index (Phi) is 17.9. The SMILES string of the molecule is CC(C)(C)c1ccc(N2CCN(C3COC3)CC2)cc1.CCN1CCN(c2ccc(C(C)(C)C)cc2OC)CC1.COCCN1CCN(c2ccc(C(C)(C)C)cc2OC)CC1. The average Bonchev–Trinajstić information content (AvgIpc) is 3.24. The molecule has 0 radical (unpaired) electrons. The molecule has 0 aromatic heterocycles. The van der Waals surface area contributed by atoms with Gasteiger partial charge in [0.05, 0.1) is 51.5 Å². The molecule has 0 bridgehead atoms. The molecule has 62 heavy (non-hydrogen) atoms. The van der Waals surface area contributed by atoms with Crippen molar-refractivity contribution < 1.29 is 18.9 Å². The fraction of sp³-hybridized carbons (Fsp3) is 0.654. The van der Waals surface area contributed by atoms with Crippen LogP contribution in [0.5, 0.6) is 11.5 Å². The maximum absolute atomic E-state index is 5.65. The van der Waals surface area contributed by atoms with E-state index in [9.17, 15) is 0 Å². The molecule has 346 valence electrons. The van der Waals surface area contributed by atoms with Crippen LogP contribution in [0.1, 0.15) is 85.9 Å². The number of rotatable bonds is 10. The van der Waals surface area contributed by atoms with Crippen LogP contribution in [0, 0.1) is 0 Å². The summed E-state index contributed by atoms with van der Waals surface area (Å²) in [5.74, 6) is 1.99. The Morgan fingerprint density at radius 3 is 1.31 bits per heavy atom. The number of hydrogen-bond acceptors (Lipinski definition) is 10. The molecule has 0 saturated carbocycles. The van der Waals surface area contributed by atoms with Crippen molar-refractivity contribution in [2.24, 2.45) is 0 Å². The van der Waals surface area contributed by atoms with Gasteiger partial charge in [-0.3, -0.25) is 9.80 Å². The number of hydrogen-bond donors (Lipinski definition) is 0. The Balaban J connectivity index is 0.000000176. The fourth-order valence-corrected chi connectivity index (χ4v) is 8.50. The van der Waals surface area contributed by atoms with Gasteiger partial charge in [-0.05, 0) is 75.9 Å². The highest BCUT2D eigenvalue weighted by Gasteiger charge is 2.29. The van der Waals surface area contributed by atoms with E-state index in [1.165, 1.54) is 33.8 Å². The summed E-state index contributed by atoms with van der Waals surface area (Å²) in [5, 5.41) is 0. The van der Waals surface area contributed by atoms with Gasteiger partial charge in [-0.25, -0.2) is 0 Å². The van der Waals surface area contributed by atoms with Crippen LogP contribution in [0.3, 0.4) is 0 Å². The van der Waals surface area contributed by atoms with E-state index in [1.807, 2.05) is 0 Å². The second-order valence-electron chi connectivity index (χ2n) is 20.5. The van der Waals surface area contributed by atoms with Crippen LogP contribution >= 0.6 is 0 Å². The number of ether oxygens (including phenoxy) is 4. The van der Waals surface area contributed by atoms with Crippen LogP contribution in [-0.4, -0.2) is 154 Å². The first-order chi connectivity index (χ1) is 29.4. The quantitative estimate of drug-likeness (QED) is 0.199. The standard InChI is InChI=1S/C18H30N2O2.C17H26N2O.C17H28N2O/c1-18(2,3)15-6-7-16(17(14-15)22-5)20-10-8-19(9-11-20)12-13-21-4;1-17(2,3)14-4-6-15(7-5-14)18-8-10-19(11-9-18)16-12-20-13-16;1-6-18-9-11-19(12-10-18)15-8-7-14(17(2,3)4)13-16(15)20-5/h6-7,14H,8-13H2,1-5H3;4-7,16H,8-13H2,1-3H3;7-8,13H,6,9-12H2,1-5H3. The zero-order valence-corrected chi connectivity index (χ0v) is 41.2. The van der Waals surface area contributed by atoms with Crippen LogP contribution in [0.15, 0.2) is 60.7 Å². The van der Waals surface area contributed by atoms with Crippen LogP contribution in [0.4, 0.5) is 17.1 Å². The molecule has 4 heterocycles. The maximum Gasteiger partial charge on any atom is 0.142 e. The van der Waals surface area contributed by atoms with E-state index in [0.29, 0.717) is 6.04 Å². The maximum atomic E-state index is 5.65. The molecule has 0 amide bonds. The Bertz CT molecular complexity index is 1770. The zero-order chi connectivity index (χ0) is 45.1. The molecule has 4 fully saturated rings. The molecule has 3 aromatic carbocycles. The lowest BCUT2D eigenvalue weighted by Gasteiger charge is -2.43. The number of benzene rings is 3. The highest BCUT2D eigenvalue weighted by Crippen LogP contribution is 2.36. The lowest BCUT2D eigenvalue weighted by molar-refractivity contribution is -0.0660. The smallest absolute Gasteiger partial charge is 0.142 e. The Morgan fingerprint density at radius 2 is 0.935 bits per heavy atom. The molecule has 10 nitrogen and oxygen atoms in total. The van der Waals surface area contributed by atoms with Gasteiger partial charge >= 0.3 is 0 Å². The van der Waals surface area contributed by atoms with Crippen molar-refractivity contribution in [2.45, 2.75) is 91.5 Å². The molecule has 4 saturated heterocycles. The van der Waals surface area contributed by atoms with Crippen molar-refractivity contribution in [3.05, 3.63) is 77.4 Å². The first kappa shape index (κ1) is 49.5. The van der Waals surface area contributed by atoms with Gasteiger partial charge in [-0.15, -0.1) is 0 Å². The first-order valence-corrected chi connectivity index (χ1v) is 23.4. The summed E-state index contributed by atoms with van der Waals surface area (Å²) in [7, 11) is 5.30. The van der Waals surface area contributed by atoms with Crippen molar-refractivity contribution in [2.75, 3.05) is 147 Å². The van der Waals surface area contributed by atoms with E-state index in [2.05, 4.69) is 159 Å². The zero-order valence-electron chi connectivity index (χ0n) is 41.2. The van der Waals surface area contributed by atoms with E-state index in [0.717, 1.165) is 123 Å². The lowest BCUT2D eigenvalue weighted by Crippen LogP contribution is -2.56. The third-order valence-corrected chi connectivity index (χ3v) is 13.1. The molecule has 4 aliphatic rings. The predicted octanol–water partition coefficient (Wildman–Crippen LogP) is 8.40. The normalized spacial score (nSPS) is 18.6. The Morgan fingerprint density at radius 1 is 0.516 bits per heavy atom. The number of methoxy groups -OCH3 is 3. The van der Waals surface area contributed by atoms with Gasteiger partial charge in [0, 0.05) is 97.9 Å². The molecular formula is C52H84N6O4. The molecule has 4 aliphatic heterocycles. The van der Waals surface area contributed by atoms with Gasteiger partial charge in [0.2, 0.25) is 0 Å². The fourth-order valence-electron chi connectivity index (χ4n) is 8.50. The van der Waals surface area contributed by atoms with Gasteiger partial charge in [0.15, 0.2) is 0 Å². The number of likely N-dealkylation sites (N-methyl/N-ethyl adjacent to an activating group) is 1. The number of nitrogens with zero attached hydrogens (tertiary/aromatic N) is 6. The summed E-state index contributed by atoms with van der Waals surface area (Å²) >= 11 is 0. The second kappa shape index (κ2) is 22.4. The minimum atomic E-state index is 0.144. The minimum Gasteiger partial charge on any atom is -0.495 e. The molecule has 0 unspecified atom stereocenters. The topological polar surface area (TPSA) is 56.4 Å². The number of piperazine rings is 3. The molecule has 10 heteroatoms. The van der Waals surface area contributed by atoms with E-state index < -0.39 is 0 Å². The Labute approximate surface area is 377 Å². The van der Waals surface area contributed by atoms with E-state index in [4.69, 9.17) is 18.9 Å². The minimum absolute atomic E-state index is 0.144. The van der Waals surface area contributed by atoms with Crippen molar-refractivity contribution in [3.8, 4) is 11.5 Å². The van der Waals surface area contributed by atoms with Gasteiger partial charge in [-0.1, -0.05) is 93.5 Å². The third-order valence-electron chi connectivity index (χ3n) is 13.1. The predicted molar refractivity (Wildman–Crippen MR) is 262 cm³/mol. The van der Waals surface area contributed by atoms with Crippen LogP contribution in [-0.2, 0) is 25.7 Å². The summed E-state index contributed by atoms with van der Waals surface area (Å²) in [6.07, 6.45) is 0. The van der Waals surface area contributed by atoms with Crippen LogP contribution in [0.2, 0.25) is 0 Å². The van der Waals surface area contributed by atoms with E-state index in [-0.39, 0.29) is 16.2 Å². The van der Waals surface area contributed by atoms with Crippen molar-refractivity contribution in [1.82, 2.24) is 14.7 Å². The summed E-state index contributed by atoms with van der Waals surface area (Å²) in [5.41, 5.74) is 8.39. The molecule has 7 rings (SSSR count). The molecule has 0 aliphatic carbocycles. The Hall–Kier alpha value is -3.54. The molecule has 0 atom stereocenters. The third kappa shape index (κ3) is 13.7. The summed E-state index contributed by atoms with van der Waals surface area (Å²) in [6.45, 7) is 40.5. The average molecular weight is 857 g/mol. The van der Waals surface area contributed by atoms with Crippen molar-refractivity contribution in [1.29, 1.82) is 0 Å². The van der Waals surface area contributed by atoms with Crippen LogP contribution < -0.4 is 24.2 Å². The highest BCUT2D eigenvalue weighted by atomic mass is 16.5. The van der Waals surface area contributed by atoms with E-state index in [1.54, 1.807) is 21.3 Å². The summed E-state index contributed by atoms with van der Waals surface area (Å²) < 4.78 is 21.7. The molecule has 0 spiro atoms. The first-order valence-electron chi connectivity index (χ1n) is 23.4. The van der Waals surface area contributed by atoms with E-state index >= 15 is 0 Å². The monoisotopic (exact) mass is 857 g/mol. The summed E-state index contributed by atoms with van der Waals surface area (Å²) in [6, 6.07) is 23.1.